The molecule has 0 aromatic carbocycles. The number of rotatable bonds is 2. The third kappa shape index (κ3) is 1.13. The molecule has 4 N–H and O–H groups in total. The fourth-order valence-corrected chi connectivity index (χ4v) is 1.53. The fraction of sp³-hybridized carbons (Fsp3) is 0.625. The first-order valence-electron chi connectivity index (χ1n) is 4.29. The monoisotopic (exact) mass is 166 g/mol. The molecule has 1 unspecified atom stereocenters. The summed E-state index contributed by atoms with van der Waals surface area (Å²) in [6.45, 7) is 2.14. The van der Waals surface area contributed by atoms with E-state index in [1.165, 1.54) is 12.8 Å². The van der Waals surface area contributed by atoms with Crippen LogP contribution in [-0.2, 0) is 0 Å². The Hall–Kier alpha value is -1.19. The van der Waals surface area contributed by atoms with Crippen molar-refractivity contribution in [1.82, 2.24) is 9.78 Å². The molecular formula is C8H14N4. The second-order valence-corrected chi connectivity index (χ2v) is 3.52. The molecule has 2 rings (SSSR count). The Morgan fingerprint density at radius 2 is 2.25 bits per heavy atom. The lowest BCUT2D eigenvalue weighted by Gasteiger charge is -2.11. The van der Waals surface area contributed by atoms with Crippen molar-refractivity contribution in [2.75, 3.05) is 11.5 Å². The van der Waals surface area contributed by atoms with Crippen molar-refractivity contribution in [1.29, 1.82) is 0 Å². The maximum atomic E-state index is 5.73. The Bertz CT molecular complexity index is 287. The van der Waals surface area contributed by atoms with Gasteiger partial charge in [0.15, 0.2) is 0 Å². The average molecular weight is 166 g/mol. The van der Waals surface area contributed by atoms with Gasteiger partial charge in [-0.2, -0.15) is 5.10 Å². The highest BCUT2D eigenvalue weighted by Crippen LogP contribution is 2.40. The minimum absolute atomic E-state index is 0.405. The molecule has 1 atom stereocenters. The van der Waals surface area contributed by atoms with E-state index >= 15 is 0 Å². The maximum Gasteiger partial charge on any atom is 0.147 e. The molecule has 0 radical (unpaired) electrons. The van der Waals surface area contributed by atoms with E-state index < -0.39 is 0 Å². The van der Waals surface area contributed by atoms with Crippen LogP contribution in [-0.4, -0.2) is 9.78 Å². The van der Waals surface area contributed by atoms with Crippen molar-refractivity contribution in [3.05, 3.63) is 6.07 Å². The van der Waals surface area contributed by atoms with Crippen LogP contribution in [0.4, 0.5) is 11.6 Å². The molecule has 4 heteroatoms. The van der Waals surface area contributed by atoms with Crippen molar-refractivity contribution in [2.45, 2.75) is 25.8 Å². The van der Waals surface area contributed by atoms with Crippen LogP contribution in [0.1, 0.15) is 25.8 Å². The van der Waals surface area contributed by atoms with Crippen LogP contribution in [0.25, 0.3) is 0 Å². The number of aromatic nitrogens is 2. The number of hydrogen-bond donors (Lipinski definition) is 2. The minimum Gasteiger partial charge on any atom is -0.384 e. The molecule has 1 fully saturated rings. The van der Waals surface area contributed by atoms with Gasteiger partial charge >= 0.3 is 0 Å². The number of nitrogens with zero attached hydrogens (tertiary/aromatic N) is 2. The molecular weight excluding hydrogens is 152 g/mol. The quantitative estimate of drug-likeness (QED) is 0.689. The Morgan fingerprint density at radius 1 is 1.58 bits per heavy atom. The predicted molar refractivity (Wildman–Crippen MR) is 48.5 cm³/mol. The van der Waals surface area contributed by atoms with Crippen molar-refractivity contribution in [3.8, 4) is 0 Å². The van der Waals surface area contributed by atoms with Crippen LogP contribution < -0.4 is 11.5 Å². The van der Waals surface area contributed by atoms with Gasteiger partial charge in [0.05, 0.1) is 6.04 Å². The van der Waals surface area contributed by atoms with Crippen LogP contribution in [0, 0.1) is 5.92 Å². The Labute approximate surface area is 71.5 Å². The average Bonchev–Trinajstić information content (AvgIpc) is 2.77. The van der Waals surface area contributed by atoms with Gasteiger partial charge in [0, 0.05) is 6.07 Å². The van der Waals surface area contributed by atoms with E-state index in [0.29, 0.717) is 17.7 Å². The third-order valence-corrected chi connectivity index (χ3v) is 2.47. The molecule has 66 valence electrons. The van der Waals surface area contributed by atoms with Crippen molar-refractivity contribution >= 4 is 11.6 Å². The summed E-state index contributed by atoms with van der Waals surface area (Å²) in [5, 5.41) is 4.14. The van der Waals surface area contributed by atoms with Gasteiger partial charge < -0.3 is 11.5 Å². The van der Waals surface area contributed by atoms with Gasteiger partial charge in [-0.25, -0.2) is 4.68 Å². The summed E-state index contributed by atoms with van der Waals surface area (Å²) in [5.41, 5.74) is 11.3. The Kier molecular flexibility index (Phi) is 1.49. The predicted octanol–water partition coefficient (Wildman–Crippen LogP) is 1.02. The van der Waals surface area contributed by atoms with Gasteiger partial charge in [-0.1, -0.05) is 0 Å². The van der Waals surface area contributed by atoms with Gasteiger partial charge in [-0.15, -0.1) is 0 Å². The molecule has 1 aromatic rings. The largest absolute Gasteiger partial charge is 0.384 e. The van der Waals surface area contributed by atoms with E-state index in [-0.39, 0.29) is 0 Å². The van der Waals surface area contributed by atoms with Crippen molar-refractivity contribution in [3.63, 3.8) is 0 Å². The fourth-order valence-electron chi connectivity index (χ4n) is 1.53. The molecule has 0 aliphatic heterocycles. The van der Waals surface area contributed by atoms with Crippen LogP contribution in [0.2, 0.25) is 0 Å². The van der Waals surface area contributed by atoms with E-state index in [0.717, 1.165) is 5.92 Å². The second kappa shape index (κ2) is 2.40. The first-order valence-corrected chi connectivity index (χ1v) is 4.29. The molecule has 1 aliphatic rings. The Morgan fingerprint density at radius 3 is 2.67 bits per heavy atom. The van der Waals surface area contributed by atoms with Crippen LogP contribution in [0.3, 0.4) is 0 Å². The highest BCUT2D eigenvalue weighted by atomic mass is 15.3. The van der Waals surface area contributed by atoms with E-state index in [4.69, 9.17) is 11.5 Å². The first-order chi connectivity index (χ1) is 5.68. The van der Waals surface area contributed by atoms with E-state index in [1.807, 2.05) is 4.68 Å². The summed E-state index contributed by atoms with van der Waals surface area (Å²) in [6, 6.07) is 2.11. The van der Waals surface area contributed by atoms with Gasteiger partial charge in [0.25, 0.3) is 0 Å². The maximum absolute atomic E-state index is 5.73. The summed E-state index contributed by atoms with van der Waals surface area (Å²) in [6.07, 6.45) is 2.58. The minimum atomic E-state index is 0.405. The number of anilines is 2. The SMILES string of the molecule is CC(C1CC1)n1nc(N)cc1N. The summed E-state index contributed by atoms with van der Waals surface area (Å²) >= 11 is 0. The van der Waals surface area contributed by atoms with Gasteiger partial charge in [-0.05, 0) is 25.7 Å². The molecule has 12 heavy (non-hydrogen) atoms. The van der Waals surface area contributed by atoms with Gasteiger partial charge in [0.2, 0.25) is 0 Å². The van der Waals surface area contributed by atoms with E-state index in [1.54, 1.807) is 6.07 Å². The standard InChI is InChI=1S/C8H14N4/c1-5(6-2-3-6)12-8(10)4-7(9)11-12/h4-6H,2-3,10H2,1H3,(H2,9,11). The normalized spacial score (nSPS) is 19.4. The summed E-state index contributed by atoms with van der Waals surface area (Å²) in [5.74, 6) is 1.94. The molecule has 4 nitrogen and oxygen atoms in total. The summed E-state index contributed by atoms with van der Waals surface area (Å²) in [4.78, 5) is 0. The number of nitrogen functional groups attached to an aromatic ring is 2. The van der Waals surface area contributed by atoms with Crippen LogP contribution in [0.15, 0.2) is 6.07 Å². The molecule has 1 aliphatic carbocycles. The number of nitrogens with two attached hydrogens (primary N) is 2. The molecule has 1 heterocycles. The molecule has 1 aromatic heterocycles. The van der Waals surface area contributed by atoms with E-state index in [9.17, 15) is 0 Å². The third-order valence-electron chi connectivity index (χ3n) is 2.47. The molecule has 0 spiro atoms. The van der Waals surface area contributed by atoms with Gasteiger partial charge in [0.1, 0.15) is 11.6 Å². The first kappa shape index (κ1) is 7.46. The van der Waals surface area contributed by atoms with Crippen LogP contribution >= 0.6 is 0 Å². The summed E-state index contributed by atoms with van der Waals surface area (Å²) < 4.78 is 1.83. The van der Waals surface area contributed by atoms with Crippen molar-refractivity contribution < 1.29 is 0 Å². The van der Waals surface area contributed by atoms with Crippen LogP contribution in [0.5, 0.6) is 0 Å². The lowest BCUT2D eigenvalue weighted by atomic mass is 10.2. The second-order valence-electron chi connectivity index (χ2n) is 3.52. The molecule has 0 saturated heterocycles. The zero-order valence-electron chi connectivity index (χ0n) is 7.20. The molecule has 1 saturated carbocycles. The summed E-state index contributed by atoms with van der Waals surface area (Å²) in [7, 11) is 0. The lowest BCUT2D eigenvalue weighted by Crippen LogP contribution is -2.11. The highest BCUT2D eigenvalue weighted by molar-refractivity contribution is 5.42. The van der Waals surface area contributed by atoms with E-state index in [2.05, 4.69) is 12.0 Å². The topological polar surface area (TPSA) is 69.9 Å². The van der Waals surface area contributed by atoms with Crippen molar-refractivity contribution in [2.24, 2.45) is 5.92 Å². The zero-order valence-corrected chi connectivity index (χ0v) is 7.20. The molecule has 0 amide bonds. The number of hydrogen-bond acceptors (Lipinski definition) is 3. The highest BCUT2D eigenvalue weighted by Gasteiger charge is 2.30. The Balaban J connectivity index is 2.25. The van der Waals surface area contributed by atoms with Gasteiger partial charge in [-0.3, -0.25) is 0 Å². The molecule has 0 bridgehead atoms. The zero-order chi connectivity index (χ0) is 8.72. The smallest absolute Gasteiger partial charge is 0.147 e. The lowest BCUT2D eigenvalue weighted by molar-refractivity contribution is 0.447.